The van der Waals surface area contributed by atoms with Crippen LogP contribution in [0.2, 0.25) is 0 Å². The van der Waals surface area contributed by atoms with Crippen LogP contribution in [0.5, 0.6) is 0 Å². The van der Waals surface area contributed by atoms with Crippen LogP contribution >= 0.6 is 0 Å². The number of benzene rings is 1. The standard InChI is InChI=1S/C16H22N2O4/c1-3-11(16(19)20)8-12-9-14(18(21)22)4-5-15(12)17-13-6-10(2)7-13/h4-5,9-11,13,17H,3,6-8H2,1-2H3,(H,19,20). The van der Waals surface area contributed by atoms with Crippen LogP contribution in [0.3, 0.4) is 0 Å². The first kappa shape index (κ1) is 16.3. The molecule has 0 aliphatic heterocycles. The molecule has 1 fully saturated rings. The molecule has 0 amide bonds. The van der Waals surface area contributed by atoms with Gasteiger partial charge in [-0.1, -0.05) is 13.8 Å². The molecular weight excluding hydrogens is 284 g/mol. The Balaban J connectivity index is 2.23. The van der Waals surface area contributed by atoms with Crippen molar-refractivity contribution in [2.24, 2.45) is 11.8 Å². The van der Waals surface area contributed by atoms with E-state index in [4.69, 9.17) is 0 Å². The molecule has 120 valence electrons. The highest BCUT2D eigenvalue weighted by Gasteiger charge is 2.27. The summed E-state index contributed by atoms with van der Waals surface area (Å²) in [5, 5.41) is 23.6. The Bertz CT molecular complexity index is 567. The van der Waals surface area contributed by atoms with E-state index in [2.05, 4.69) is 12.2 Å². The smallest absolute Gasteiger partial charge is 0.306 e. The first-order valence-electron chi connectivity index (χ1n) is 7.67. The maximum Gasteiger partial charge on any atom is 0.306 e. The number of nitro benzene ring substituents is 1. The van der Waals surface area contributed by atoms with Gasteiger partial charge in [-0.25, -0.2) is 0 Å². The Morgan fingerprint density at radius 1 is 1.50 bits per heavy atom. The average molecular weight is 306 g/mol. The molecule has 0 saturated heterocycles. The van der Waals surface area contributed by atoms with Gasteiger partial charge in [-0.05, 0) is 43.2 Å². The zero-order valence-corrected chi connectivity index (χ0v) is 12.9. The van der Waals surface area contributed by atoms with Gasteiger partial charge in [-0.3, -0.25) is 14.9 Å². The third kappa shape index (κ3) is 3.75. The number of nitro groups is 1. The van der Waals surface area contributed by atoms with E-state index < -0.39 is 16.8 Å². The molecular formula is C16H22N2O4. The normalized spacial score (nSPS) is 21.7. The highest BCUT2D eigenvalue weighted by molar-refractivity contribution is 5.71. The predicted molar refractivity (Wildman–Crippen MR) is 84.0 cm³/mol. The zero-order valence-electron chi connectivity index (χ0n) is 12.9. The Hall–Kier alpha value is -2.11. The number of anilines is 1. The average Bonchev–Trinajstić information content (AvgIpc) is 2.43. The summed E-state index contributed by atoms with van der Waals surface area (Å²) in [5.41, 5.74) is 1.54. The summed E-state index contributed by atoms with van der Waals surface area (Å²) in [6.07, 6.45) is 2.95. The van der Waals surface area contributed by atoms with Crippen LogP contribution in [0.15, 0.2) is 18.2 Å². The van der Waals surface area contributed by atoms with Gasteiger partial charge in [0.1, 0.15) is 0 Å². The Kier molecular flexibility index (Phi) is 5.00. The Morgan fingerprint density at radius 2 is 2.18 bits per heavy atom. The fourth-order valence-corrected chi connectivity index (χ4v) is 2.92. The van der Waals surface area contributed by atoms with Gasteiger partial charge in [-0.2, -0.15) is 0 Å². The van der Waals surface area contributed by atoms with E-state index >= 15 is 0 Å². The molecule has 0 aromatic heterocycles. The van der Waals surface area contributed by atoms with Crippen LogP contribution < -0.4 is 5.32 Å². The predicted octanol–water partition coefficient (Wildman–Crippen LogP) is 3.46. The van der Waals surface area contributed by atoms with Gasteiger partial charge in [0.2, 0.25) is 0 Å². The van der Waals surface area contributed by atoms with Crippen molar-refractivity contribution >= 4 is 17.3 Å². The Labute approximate surface area is 129 Å². The van der Waals surface area contributed by atoms with Gasteiger partial charge in [0, 0.05) is 23.9 Å². The summed E-state index contributed by atoms with van der Waals surface area (Å²) >= 11 is 0. The van der Waals surface area contributed by atoms with Crippen molar-refractivity contribution in [3.05, 3.63) is 33.9 Å². The van der Waals surface area contributed by atoms with E-state index in [1.165, 1.54) is 12.1 Å². The second-order valence-electron chi connectivity index (χ2n) is 6.16. The van der Waals surface area contributed by atoms with E-state index in [1.54, 1.807) is 6.07 Å². The lowest BCUT2D eigenvalue weighted by molar-refractivity contribution is -0.384. The summed E-state index contributed by atoms with van der Waals surface area (Å²) in [6.45, 7) is 4.00. The fourth-order valence-electron chi connectivity index (χ4n) is 2.92. The molecule has 0 radical (unpaired) electrons. The third-order valence-corrected chi connectivity index (χ3v) is 4.34. The van der Waals surface area contributed by atoms with Crippen LogP contribution in [0.1, 0.15) is 38.7 Å². The van der Waals surface area contributed by atoms with E-state index in [0.29, 0.717) is 30.4 Å². The molecule has 6 heteroatoms. The number of carboxylic acids is 1. The molecule has 2 rings (SSSR count). The molecule has 6 nitrogen and oxygen atoms in total. The van der Waals surface area contributed by atoms with Crippen molar-refractivity contribution in [3.63, 3.8) is 0 Å². The van der Waals surface area contributed by atoms with E-state index in [1.807, 2.05) is 6.92 Å². The van der Waals surface area contributed by atoms with Crippen LogP contribution in [-0.4, -0.2) is 22.0 Å². The minimum Gasteiger partial charge on any atom is -0.481 e. The first-order chi connectivity index (χ1) is 10.4. The van der Waals surface area contributed by atoms with Gasteiger partial charge < -0.3 is 10.4 Å². The zero-order chi connectivity index (χ0) is 16.3. The molecule has 1 unspecified atom stereocenters. The van der Waals surface area contributed by atoms with E-state index in [0.717, 1.165) is 18.5 Å². The second-order valence-corrected chi connectivity index (χ2v) is 6.16. The molecule has 0 heterocycles. The van der Waals surface area contributed by atoms with E-state index in [9.17, 15) is 20.0 Å². The molecule has 1 saturated carbocycles. The van der Waals surface area contributed by atoms with Crippen molar-refractivity contribution in [2.45, 2.75) is 45.6 Å². The van der Waals surface area contributed by atoms with Crippen LogP contribution in [0.25, 0.3) is 0 Å². The van der Waals surface area contributed by atoms with Crippen molar-refractivity contribution in [1.29, 1.82) is 0 Å². The summed E-state index contributed by atoms with van der Waals surface area (Å²) < 4.78 is 0. The van der Waals surface area contributed by atoms with Crippen LogP contribution in [-0.2, 0) is 11.2 Å². The van der Waals surface area contributed by atoms with Crippen LogP contribution in [0.4, 0.5) is 11.4 Å². The van der Waals surface area contributed by atoms with Gasteiger partial charge >= 0.3 is 5.97 Å². The lowest BCUT2D eigenvalue weighted by Gasteiger charge is -2.34. The highest BCUT2D eigenvalue weighted by Crippen LogP contribution is 2.32. The number of hydrogen-bond donors (Lipinski definition) is 2. The number of carboxylic acid groups (broad SMARTS) is 1. The molecule has 1 aromatic carbocycles. The largest absolute Gasteiger partial charge is 0.481 e. The topological polar surface area (TPSA) is 92.5 Å². The minimum atomic E-state index is -0.864. The summed E-state index contributed by atoms with van der Waals surface area (Å²) in [6, 6.07) is 5.04. The second kappa shape index (κ2) is 6.77. The molecule has 0 bridgehead atoms. The van der Waals surface area contributed by atoms with Crippen molar-refractivity contribution < 1.29 is 14.8 Å². The summed E-state index contributed by atoms with van der Waals surface area (Å²) in [7, 11) is 0. The number of hydrogen-bond acceptors (Lipinski definition) is 4. The number of rotatable bonds is 7. The quantitative estimate of drug-likeness (QED) is 0.594. The maximum absolute atomic E-state index is 11.2. The molecule has 0 spiro atoms. The lowest BCUT2D eigenvalue weighted by Crippen LogP contribution is -2.34. The van der Waals surface area contributed by atoms with Gasteiger partial charge in [-0.15, -0.1) is 0 Å². The molecule has 1 aliphatic carbocycles. The summed E-state index contributed by atoms with van der Waals surface area (Å²) in [4.78, 5) is 21.8. The lowest BCUT2D eigenvalue weighted by atomic mass is 9.81. The number of carbonyl (C=O) groups is 1. The molecule has 1 aliphatic rings. The first-order valence-corrected chi connectivity index (χ1v) is 7.67. The molecule has 2 N–H and O–H groups in total. The van der Waals surface area contributed by atoms with E-state index in [-0.39, 0.29) is 5.69 Å². The number of nitrogens with one attached hydrogen (secondary N) is 1. The van der Waals surface area contributed by atoms with Gasteiger partial charge in [0.25, 0.3) is 5.69 Å². The number of non-ortho nitro benzene ring substituents is 1. The fraction of sp³-hybridized carbons (Fsp3) is 0.562. The monoisotopic (exact) mass is 306 g/mol. The molecule has 22 heavy (non-hydrogen) atoms. The molecule has 1 aromatic rings. The highest BCUT2D eigenvalue weighted by atomic mass is 16.6. The SMILES string of the molecule is CCC(Cc1cc([N+](=O)[O-])ccc1NC1CC(C)C1)C(=O)O. The van der Waals surface area contributed by atoms with Gasteiger partial charge in [0.05, 0.1) is 10.8 Å². The maximum atomic E-state index is 11.2. The summed E-state index contributed by atoms with van der Waals surface area (Å²) in [5.74, 6) is -0.693. The Morgan fingerprint density at radius 3 is 2.68 bits per heavy atom. The number of aliphatic carboxylic acids is 1. The van der Waals surface area contributed by atoms with Gasteiger partial charge in [0.15, 0.2) is 0 Å². The third-order valence-electron chi connectivity index (χ3n) is 4.34. The van der Waals surface area contributed by atoms with Crippen molar-refractivity contribution in [1.82, 2.24) is 0 Å². The van der Waals surface area contributed by atoms with Crippen molar-refractivity contribution in [2.75, 3.05) is 5.32 Å². The molecule has 1 atom stereocenters. The van der Waals surface area contributed by atoms with Crippen LogP contribution in [0, 0.1) is 22.0 Å². The minimum absolute atomic E-state index is 0.00256. The number of nitrogens with zero attached hydrogens (tertiary/aromatic N) is 1. The van der Waals surface area contributed by atoms with Crippen molar-refractivity contribution in [3.8, 4) is 0 Å².